The molecule has 23 heavy (non-hydrogen) atoms. The molecule has 7 atom stereocenters. The predicted molar refractivity (Wildman–Crippen MR) is 78.3 cm³/mol. The van der Waals surface area contributed by atoms with Crippen molar-refractivity contribution in [2.75, 3.05) is 0 Å². The van der Waals surface area contributed by atoms with Crippen molar-refractivity contribution in [3.05, 3.63) is 35.4 Å². The molecule has 6 heteroatoms. The molecule has 0 radical (unpaired) electrons. The van der Waals surface area contributed by atoms with E-state index in [1.54, 1.807) is 12.1 Å². The Bertz CT molecular complexity index is 667. The van der Waals surface area contributed by atoms with E-state index in [0.29, 0.717) is 0 Å². The predicted octanol–water partition coefficient (Wildman–Crippen LogP) is 1.73. The molecule has 4 unspecified atom stereocenters. The lowest BCUT2D eigenvalue weighted by molar-refractivity contribution is -0.152. The van der Waals surface area contributed by atoms with Gasteiger partial charge < -0.3 is 19.3 Å². The van der Waals surface area contributed by atoms with Crippen LogP contribution < -0.4 is 0 Å². The number of esters is 1. The van der Waals surface area contributed by atoms with E-state index in [4.69, 9.17) is 14.2 Å². The SMILES string of the molecule is CC1C2OC3[C@H]1O[C@H](C2C)[C@H]3OC(=O)c1ccccc1C(=O)O. The van der Waals surface area contributed by atoms with Crippen molar-refractivity contribution in [1.29, 1.82) is 0 Å². The zero-order chi connectivity index (χ0) is 16.3. The fourth-order valence-electron chi connectivity index (χ4n) is 4.16. The molecule has 4 fully saturated rings. The van der Waals surface area contributed by atoms with E-state index in [0.717, 1.165) is 0 Å². The Morgan fingerprint density at radius 2 is 1.57 bits per heavy atom. The van der Waals surface area contributed by atoms with Crippen LogP contribution in [0.4, 0.5) is 0 Å². The van der Waals surface area contributed by atoms with Gasteiger partial charge in [0.05, 0.1) is 23.3 Å². The average Bonchev–Trinajstić information content (AvgIpc) is 2.96. The molecule has 0 saturated carbocycles. The molecule has 5 rings (SSSR count). The Balaban J connectivity index is 1.58. The van der Waals surface area contributed by atoms with Crippen LogP contribution in [0.3, 0.4) is 0 Å². The van der Waals surface area contributed by atoms with E-state index in [2.05, 4.69) is 6.92 Å². The first-order valence-corrected chi connectivity index (χ1v) is 7.83. The molecule has 0 amide bonds. The maximum Gasteiger partial charge on any atom is 0.339 e. The number of carbonyl (C=O) groups is 2. The summed E-state index contributed by atoms with van der Waals surface area (Å²) in [5, 5.41) is 9.21. The standard InChI is InChI=1S/C17H18O6/c1-7-11-8(2)13-15(14(21-11)12(7)22-13)23-17(20)10-6-4-3-5-9(10)16(18)19/h3-8,11-15H,1-2H3,(H,18,19)/t7?,8?,11?,12-,13+,14?,15+/m0/s1. The number of benzene rings is 1. The number of rotatable bonds is 3. The van der Waals surface area contributed by atoms with Crippen LogP contribution in [0, 0.1) is 11.8 Å². The average molecular weight is 318 g/mol. The quantitative estimate of drug-likeness (QED) is 0.855. The van der Waals surface area contributed by atoms with Crippen molar-refractivity contribution in [3.63, 3.8) is 0 Å². The monoisotopic (exact) mass is 318 g/mol. The first-order valence-electron chi connectivity index (χ1n) is 7.83. The van der Waals surface area contributed by atoms with E-state index in [1.807, 2.05) is 6.92 Å². The Morgan fingerprint density at radius 3 is 2.26 bits per heavy atom. The minimum Gasteiger partial charge on any atom is -0.478 e. The largest absolute Gasteiger partial charge is 0.478 e. The molecule has 122 valence electrons. The van der Waals surface area contributed by atoms with Gasteiger partial charge >= 0.3 is 11.9 Å². The molecule has 4 bridgehead atoms. The van der Waals surface area contributed by atoms with Gasteiger partial charge in [-0.2, -0.15) is 0 Å². The van der Waals surface area contributed by atoms with Crippen LogP contribution in [0.5, 0.6) is 0 Å². The van der Waals surface area contributed by atoms with Crippen molar-refractivity contribution in [2.24, 2.45) is 11.8 Å². The first kappa shape index (κ1) is 14.7. The topological polar surface area (TPSA) is 82.1 Å². The van der Waals surface area contributed by atoms with E-state index in [1.165, 1.54) is 12.1 Å². The highest BCUT2D eigenvalue weighted by Gasteiger charge is 2.65. The summed E-state index contributed by atoms with van der Waals surface area (Å²) in [5.41, 5.74) is -0.00812. The van der Waals surface area contributed by atoms with Crippen molar-refractivity contribution in [3.8, 4) is 0 Å². The van der Waals surface area contributed by atoms with Crippen LogP contribution in [-0.2, 0) is 14.2 Å². The van der Waals surface area contributed by atoms with Gasteiger partial charge in [-0.15, -0.1) is 0 Å². The zero-order valence-corrected chi connectivity index (χ0v) is 12.8. The van der Waals surface area contributed by atoms with Gasteiger partial charge in [0, 0.05) is 11.8 Å². The molecule has 4 aliphatic heterocycles. The molecular weight excluding hydrogens is 300 g/mol. The van der Waals surface area contributed by atoms with E-state index in [-0.39, 0.29) is 47.4 Å². The molecule has 0 aromatic heterocycles. The minimum absolute atomic E-state index is 0.0475. The molecule has 1 N–H and O–H groups in total. The van der Waals surface area contributed by atoms with Crippen LogP contribution in [0.2, 0.25) is 0 Å². The van der Waals surface area contributed by atoms with Gasteiger partial charge in [0.1, 0.15) is 12.2 Å². The summed E-state index contributed by atoms with van der Waals surface area (Å²) in [6.07, 6.45) is -0.817. The summed E-state index contributed by atoms with van der Waals surface area (Å²) >= 11 is 0. The third kappa shape index (κ3) is 2.01. The van der Waals surface area contributed by atoms with Gasteiger partial charge in [-0.1, -0.05) is 26.0 Å². The number of carbonyl (C=O) groups excluding carboxylic acids is 1. The lowest BCUT2D eigenvalue weighted by Crippen LogP contribution is -2.49. The van der Waals surface area contributed by atoms with Crippen molar-refractivity contribution in [1.82, 2.24) is 0 Å². The van der Waals surface area contributed by atoms with E-state index >= 15 is 0 Å². The fraction of sp³-hybridized carbons (Fsp3) is 0.529. The normalized spacial score (nSPS) is 40.3. The van der Waals surface area contributed by atoms with Crippen molar-refractivity contribution >= 4 is 11.9 Å². The lowest BCUT2D eigenvalue weighted by atomic mass is 9.87. The summed E-state index contributed by atoms with van der Waals surface area (Å²) < 4.78 is 17.6. The third-order valence-corrected chi connectivity index (χ3v) is 5.29. The number of ether oxygens (including phenoxy) is 3. The molecule has 1 aromatic rings. The van der Waals surface area contributed by atoms with Crippen molar-refractivity contribution in [2.45, 2.75) is 44.4 Å². The maximum atomic E-state index is 12.5. The van der Waals surface area contributed by atoms with Crippen molar-refractivity contribution < 1.29 is 28.9 Å². The molecule has 4 saturated heterocycles. The zero-order valence-electron chi connectivity index (χ0n) is 12.8. The van der Waals surface area contributed by atoms with Crippen LogP contribution in [0.1, 0.15) is 34.6 Å². The molecule has 4 heterocycles. The summed E-state index contributed by atoms with van der Waals surface area (Å²) in [5.74, 6) is -1.37. The highest BCUT2D eigenvalue weighted by Crippen LogP contribution is 2.50. The second-order valence-electron chi connectivity index (χ2n) is 6.57. The fourth-order valence-corrected chi connectivity index (χ4v) is 4.16. The van der Waals surface area contributed by atoms with Gasteiger partial charge in [0.25, 0.3) is 0 Å². The summed E-state index contributed by atoms with van der Waals surface area (Å²) in [6.45, 7) is 4.13. The van der Waals surface area contributed by atoms with E-state index < -0.39 is 18.0 Å². The number of carboxylic acids is 1. The van der Waals surface area contributed by atoms with E-state index in [9.17, 15) is 14.7 Å². The van der Waals surface area contributed by atoms with Crippen LogP contribution in [0.15, 0.2) is 24.3 Å². The Morgan fingerprint density at radius 1 is 0.957 bits per heavy atom. The Hall–Kier alpha value is -1.92. The maximum absolute atomic E-state index is 12.5. The number of aromatic carboxylic acids is 1. The summed E-state index contributed by atoms with van der Waals surface area (Å²) in [7, 11) is 0. The van der Waals surface area contributed by atoms with Gasteiger partial charge in [-0.3, -0.25) is 0 Å². The lowest BCUT2D eigenvalue weighted by Gasteiger charge is -2.38. The molecular formula is C17H18O6. The Kier molecular flexibility index (Phi) is 3.21. The summed E-state index contributed by atoms with van der Waals surface area (Å²) in [4.78, 5) is 23.7. The summed E-state index contributed by atoms with van der Waals surface area (Å²) in [6, 6.07) is 6.05. The Labute approximate surface area is 133 Å². The minimum atomic E-state index is -1.15. The number of hydrogen-bond acceptors (Lipinski definition) is 5. The first-order chi connectivity index (χ1) is 11.0. The number of carboxylic acid groups (broad SMARTS) is 1. The molecule has 6 nitrogen and oxygen atoms in total. The van der Waals surface area contributed by atoms with Crippen LogP contribution in [-0.4, -0.2) is 47.6 Å². The highest BCUT2D eigenvalue weighted by atomic mass is 16.6. The van der Waals surface area contributed by atoms with Gasteiger partial charge in [-0.25, -0.2) is 9.59 Å². The van der Waals surface area contributed by atoms with Gasteiger partial charge in [0.2, 0.25) is 0 Å². The van der Waals surface area contributed by atoms with Gasteiger partial charge in [0.15, 0.2) is 6.10 Å². The highest BCUT2D eigenvalue weighted by molar-refractivity contribution is 6.02. The van der Waals surface area contributed by atoms with Gasteiger partial charge in [-0.05, 0) is 12.1 Å². The third-order valence-electron chi connectivity index (χ3n) is 5.29. The smallest absolute Gasteiger partial charge is 0.339 e. The molecule has 0 spiro atoms. The molecule has 4 aliphatic rings. The van der Waals surface area contributed by atoms with Crippen LogP contribution >= 0.6 is 0 Å². The van der Waals surface area contributed by atoms with Crippen LogP contribution in [0.25, 0.3) is 0 Å². The molecule has 1 aromatic carbocycles. The second-order valence-corrected chi connectivity index (χ2v) is 6.57. The molecule has 0 aliphatic carbocycles. The number of hydrogen-bond donors (Lipinski definition) is 1. The second kappa shape index (κ2) is 5.04.